The Morgan fingerprint density at radius 2 is 2.05 bits per heavy atom. The summed E-state index contributed by atoms with van der Waals surface area (Å²) in [5.41, 5.74) is 0. The van der Waals surface area contributed by atoms with Crippen molar-refractivity contribution in [1.82, 2.24) is 4.90 Å². The molecular weight excluding hydrogens is 317 g/mol. The minimum Gasteiger partial charge on any atom is -0.492 e. The van der Waals surface area contributed by atoms with E-state index in [1.807, 2.05) is 12.1 Å². The Balaban J connectivity index is 1.75. The van der Waals surface area contributed by atoms with E-state index >= 15 is 0 Å². The first-order chi connectivity index (χ1) is 10.5. The van der Waals surface area contributed by atoms with Crippen LogP contribution in [0.15, 0.2) is 18.2 Å². The fourth-order valence-corrected chi connectivity index (χ4v) is 4.74. The van der Waals surface area contributed by atoms with Crippen LogP contribution in [0.25, 0.3) is 0 Å². The molecule has 22 heavy (non-hydrogen) atoms. The van der Waals surface area contributed by atoms with E-state index in [4.69, 9.17) is 27.9 Å². The van der Waals surface area contributed by atoms with Crippen LogP contribution in [-0.4, -0.2) is 30.6 Å². The lowest BCUT2D eigenvalue weighted by molar-refractivity contribution is 0.0182. The summed E-state index contributed by atoms with van der Waals surface area (Å²) in [7, 11) is 2.28. The number of halogens is 2. The maximum atomic E-state index is 6.25. The predicted octanol–water partition coefficient (Wildman–Crippen LogP) is 5.13. The summed E-state index contributed by atoms with van der Waals surface area (Å²) in [5.74, 6) is 2.70. The van der Waals surface area contributed by atoms with E-state index in [9.17, 15) is 0 Å². The highest BCUT2D eigenvalue weighted by Gasteiger charge is 2.46. The molecule has 2 bridgehead atoms. The maximum absolute atomic E-state index is 6.25. The Bertz CT molecular complexity index is 534. The van der Waals surface area contributed by atoms with Crippen LogP contribution in [0.5, 0.6) is 5.75 Å². The number of ether oxygens (including phenoxy) is 1. The highest BCUT2D eigenvalue weighted by molar-refractivity contribution is 6.42. The lowest BCUT2D eigenvalue weighted by Crippen LogP contribution is -2.50. The molecule has 2 nitrogen and oxygen atoms in total. The number of hydrogen-bond donors (Lipinski definition) is 0. The molecule has 1 aromatic rings. The van der Waals surface area contributed by atoms with Crippen molar-refractivity contribution in [2.75, 3.05) is 13.7 Å². The number of benzene rings is 1. The fourth-order valence-electron chi connectivity index (χ4n) is 4.40. The SMILES string of the molecule is CC(C)[C@@H]1CC2CCC([C@H]1COc1cccc(Cl)c1Cl)N2C. The van der Waals surface area contributed by atoms with Crippen LogP contribution in [0.2, 0.25) is 10.0 Å². The molecule has 2 saturated heterocycles. The van der Waals surface area contributed by atoms with Gasteiger partial charge in [0.15, 0.2) is 0 Å². The van der Waals surface area contributed by atoms with Crippen molar-refractivity contribution >= 4 is 23.2 Å². The second kappa shape index (κ2) is 6.59. The predicted molar refractivity (Wildman–Crippen MR) is 93.0 cm³/mol. The van der Waals surface area contributed by atoms with Crippen LogP contribution < -0.4 is 4.74 Å². The summed E-state index contributed by atoms with van der Waals surface area (Å²) in [5, 5.41) is 1.08. The molecule has 2 aliphatic rings. The first kappa shape index (κ1) is 16.4. The Hall–Kier alpha value is -0.440. The van der Waals surface area contributed by atoms with Crippen LogP contribution in [0.3, 0.4) is 0 Å². The topological polar surface area (TPSA) is 12.5 Å². The van der Waals surface area contributed by atoms with Gasteiger partial charge in [0.05, 0.1) is 11.6 Å². The van der Waals surface area contributed by atoms with Crippen molar-refractivity contribution in [2.24, 2.45) is 17.8 Å². The Morgan fingerprint density at radius 3 is 2.77 bits per heavy atom. The number of hydrogen-bond acceptors (Lipinski definition) is 2. The minimum atomic E-state index is 0.527. The average molecular weight is 342 g/mol. The van der Waals surface area contributed by atoms with Gasteiger partial charge < -0.3 is 9.64 Å². The van der Waals surface area contributed by atoms with Crippen LogP contribution in [0, 0.1) is 17.8 Å². The van der Waals surface area contributed by atoms with E-state index in [2.05, 4.69) is 25.8 Å². The van der Waals surface area contributed by atoms with Crippen molar-refractivity contribution < 1.29 is 4.74 Å². The lowest BCUT2D eigenvalue weighted by atomic mass is 9.74. The molecule has 2 fully saturated rings. The molecule has 2 heterocycles. The van der Waals surface area contributed by atoms with E-state index in [-0.39, 0.29) is 0 Å². The van der Waals surface area contributed by atoms with Gasteiger partial charge in [-0.3, -0.25) is 0 Å². The van der Waals surface area contributed by atoms with Crippen molar-refractivity contribution in [2.45, 2.75) is 45.2 Å². The molecule has 4 atom stereocenters. The third-order valence-electron chi connectivity index (χ3n) is 5.69. The third kappa shape index (κ3) is 2.98. The quantitative estimate of drug-likeness (QED) is 0.752. The van der Waals surface area contributed by atoms with Crippen LogP contribution in [0.1, 0.15) is 33.1 Å². The smallest absolute Gasteiger partial charge is 0.139 e. The van der Waals surface area contributed by atoms with Gasteiger partial charge in [0, 0.05) is 18.0 Å². The Morgan fingerprint density at radius 1 is 1.27 bits per heavy atom. The fraction of sp³-hybridized carbons (Fsp3) is 0.667. The standard InChI is InChI=1S/C18H25Cl2NO/c1-11(2)13-9-12-7-8-16(21(12)3)14(13)10-22-17-6-4-5-15(19)18(17)20/h4-6,11-14,16H,7-10H2,1-3H3/t12?,13-,14-,16?/m0/s1. The highest BCUT2D eigenvalue weighted by Crippen LogP contribution is 2.44. The van der Waals surface area contributed by atoms with Crippen LogP contribution >= 0.6 is 23.2 Å². The van der Waals surface area contributed by atoms with Crippen molar-refractivity contribution in [3.63, 3.8) is 0 Å². The van der Waals surface area contributed by atoms with Gasteiger partial charge in [-0.1, -0.05) is 43.1 Å². The summed E-state index contributed by atoms with van der Waals surface area (Å²) in [4.78, 5) is 2.58. The molecule has 0 N–H and O–H groups in total. The van der Waals surface area contributed by atoms with Gasteiger partial charge in [-0.2, -0.15) is 0 Å². The molecule has 1 aromatic carbocycles. The molecule has 4 heteroatoms. The molecule has 2 aliphatic heterocycles. The van der Waals surface area contributed by atoms with Gasteiger partial charge in [0.2, 0.25) is 0 Å². The molecule has 0 aromatic heterocycles. The number of nitrogens with zero attached hydrogens (tertiary/aromatic N) is 1. The summed E-state index contributed by atoms with van der Waals surface area (Å²) < 4.78 is 6.09. The van der Waals surface area contributed by atoms with Crippen LogP contribution in [0.4, 0.5) is 0 Å². The molecular formula is C18H25Cl2NO. The van der Waals surface area contributed by atoms with E-state index in [0.29, 0.717) is 33.7 Å². The third-order valence-corrected chi connectivity index (χ3v) is 6.49. The van der Waals surface area contributed by atoms with Gasteiger partial charge >= 0.3 is 0 Å². The van der Waals surface area contributed by atoms with E-state index in [0.717, 1.165) is 18.6 Å². The number of piperidine rings is 1. The second-order valence-corrected chi connectivity index (χ2v) is 7.92. The van der Waals surface area contributed by atoms with Crippen molar-refractivity contribution in [1.29, 1.82) is 0 Å². The summed E-state index contributed by atoms with van der Waals surface area (Å²) in [6, 6.07) is 7.00. The largest absolute Gasteiger partial charge is 0.492 e. The van der Waals surface area contributed by atoms with Gasteiger partial charge in [0.25, 0.3) is 0 Å². The van der Waals surface area contributed by atoms with Crippen LogP contribution in [-0.2, 0) is 0 Å². The van der Waals surface area contributed by atoms with Gasteiger partial charge in [-0.15, -0.1) is 0 Å². The Labute approximate surface area is 143 Å². The Kier molecular flexibility index (Phi) is 4.92. The van der Waals surface area contributed by atoms with Gasteiger partial charge in [0.1, 0.15) is 10.8 Å². The molecule has 3 rings (SSSR count). The lowest BCUT2D eigenvalue weighted by Gasteiger charge is -2.44. The highest BCUT2D eigenvalue weighted by atomic mass is 35.5. The van der Waals surface area contributed by atoms with E-state index < -0.39 is 0 Å². The molecule has 0 spiro atoms. The monoisotopic (exact) mass is 341 g/mol. The molecule has 2 unspecified atom stereocenters. The van der Waals surface area contributed by atoms with Gasteiger partial charge in [-0.25, -0.2) is 0 Å². The average Bonchev–Trinajstić information content (AvgIpc) is 2.72. The van der Waals surface area contributed by atoms with E-state index in [1.54, 1.807) is 6.07 Å². The zero-order valence-electron chi connectivity index (χ0n) is 13.6. The van der Waals surface area contributed by atoms with Crippen molar-refractivity contribution in [3.05, 3.63) is 28.2 Å². The normalized spacial score (nSPS) is 31.7. The number of fused-ring (bicyclic) bond motifs is 2. The molecule has 0 radical (unpaired) electrons. The molecule has 0 amide bonds. The number of rotatable bonds is 4. The molecule has 0 aliphatic carbocycles. The van der Waals surface area contributed by atoms with E-state index in [1.165, 1.54) is 19.3 Å². The zero-order valence-corrected chi connectivity index (χ0v) is 15.1. The zero-order chi connectivity index (χ0) is 15.9. The maximum Gasteiger partial charge on any atom is 0.139 e. The molecule has 0 saturated carbocycles. The minimum absolute atomic E-state index is 0.527. The summed E-state index contributed by atoms with van der Waals surface area (Å²) in [6.45, 7) is 5.41. The first-order valence-corrected chi connectivity index (χ1v) is 9.03. The molecule has 122 valence electrons. The second-order valence-electron chi connectivity index (χ2n) is 7.13. The first-order valence-electron chi connectivity index (χ1n) is 8.27. The van der Waals surface area contributed by atoms with Gasteiger partial charge in [-0.05, 0) is 50.3 Å². The van der Waals surface area contributed by atoms with Crippen molar-refractivity contribution in [3.8, 4) is 5.75 Å². The summed E-state index contributed by atoms with van der Waals surface area (Å²) >= 11 is 12.3. The summed E-state index contributed by atoms with van der Waals surface area (Å²) in [6.07, 6.45) is 3.92.